The average Bonchev–Trinajstić information content (AvgIpc) is 3.49. The van der Waals surface area contributed by atoms with Crippen LogP contribution < -0.4 is 18.9 Å². The SMILES string of the molecule is CC(C)(O)CCOc1cc(Oc2ccc(F)c3c2CC[C@H]3Oc2ccc3c(c2)OC[C@H]3CC(=O)O)ccc1C#N. The number of ether oxygens (including phenoxy) is 4. The fraction of sp³-hybridized carbons (Fsp3) is 0.355. The molecule has 0 aromatic heterocycles. The Bertz CT molecular complexity index is 1470. The van der Waals surface area contributed by atoms with Gasteiger partial charge >= 0.3 is 5.97 Å². The Morgan fingerprint density at radius 1 is 1.15 bits per heavy atom. The number of benzene rings is 3. The number of hydrogen-bond acceptors (Lipinski definition) is 7. The lowest BCUT2D eigenvalue weighted by molar-refractivity contribution is -0.137. The minimum atomic E-state index is -0.899. The van der Waals surface area contributed by atoms with Crippen LogP contribution in [0.1, 0.15) is 67.4 Å². The maximum Gasteiger partial charge on any atom is 0.304 e. The smallest absolute Gasteiger partial charge is 0.304 e. The molecule has 40 heavy (non-hydrogen) atoms. The summed E-state index contributed by atoms with van der Waals surface area (Å²) in [6.07, 6.45) is 0.931. The number of nitrogens with zero attached hydrogens (tertiary/aromatic N) is 1. The maximum atomic E-state index is 15.1. The molecule has 208 valence electrons. The topological polar surface area (TPSA) is 118 Å². The van der Waals surface area contributed by atoms with Gasteiger partial charge in [0.1, 0.15) is 46.7 Å². The van der Waals surface area contributed by atoms with E-state index in [1.807, 2.05) is 6.07 Å². The van der Waals surface area contributed by atoms with Gasteiger partial charge < -0.3 is 29.2 Å². The van der Waals surface area contributed by atoms with Crippen LogP contribution in [0, 0.1) is 17.1 Å². The van der Waals surface area contributed by atoms with Gasteiger partial charge in [-0.25, -0.2) is 4.39 Å². The molecule has 0 saturated heterocycles. The van der Waals surface area contributed by atoms with Gasteiger partial charge in [-0.1, -0.05) is 6.07 Å². The summed E-state index contributed by atoms with van der Waals surface area (Å²) in [7, 11) is 0. The zero-order valence-electron chi connectivity index (χ0n) is 22.3. The number of hydrogen-bond donors (Lipinski definition) is 2. The van der Waals surface area contributed by atoms with Crippen LogP contribution in [0.2, 0.25) is 0 Å². The van der Waals surface area contributed by atoms with Crippen molar-refractivity contribution in [2.45, 2.75) is 57.2 Å². The van der Waals surface area contributed by atoms with E-state index in [2.05, 4.69) is 6.07 Å². The van der Waals surface area contributed by atoms with E-state index in [1.165, 1.54) is 6.07 Å². The molecule has 0 fully saturated rings. The van der Waals surface area contributed by atoms with Crippen LogP contribution in [-0.2, 0) is 11.2 Å². The molecule has 0 spiro atoms. The van der Waals surface area contributed by atoms with E-state index >= 15 is 4.39 Å². The first-order valence-electron chi connectivity index (χ1n) is 13.1. The Balaban J connectivity index is 1.33. The molecule has 0 radical (unpaired) electrons. The van der Waals surface area contributed by atoms with Crippen molar-refractivity contribution in [3.05, 3.63) is 76.6 Å². The van der Waals surface area contributed by atoms with Gasteiger partial charge in [0, 0.05) is 41.2 Å². The summed E-state index contributed by atoms with van der Waals surface area (Å²) in [5.74, 6) is 0.881. The second-order valence-corrected chi connectivity index (χ2v) is 10.7. The molecule has 1 heterocycles. The Labute approximate surface area is 231 Å². The van der Waals surface area contributed by atoms with Crippen LogP contribution in [0.5, 0.6) is 28.7 Å². The van der Waals surface area contributed by atoms with E-state index in [-0.39, 0.29) is 24.8 Å². The van der Waals surface area contributed by atoms with Gasteiger partial charge in [0.15, 0.2) is 0 Å². The first kappa shape index (κ1) is 27.3. The highest BCUT2D eigenvalue weighted by Gasteiger charge is 2.32. The molecule has 2 N–H and O–H groups in total. The molecular formula is C31H30FNO7. The highest BCUT2D eigenvalue weighted by atomic mass is 19.1. The van der Waals surface area contributed by atoms with Crippen molar-refractivity contribution in [3.8, 4) is 34.8 Å². The lowest BCUT2D eigenvalue weighted by Crippen LogP contribution is -2.21. The third-order valence-electron chi connectivity index (χ3n) is 7.08. The highest BCUT2D eigenvalue weighted by Crippen LogP contribution is 2.44. The van der Waals surface area contributed by atoms with Crippen molar-refractivity contribution >= 4 is 5.97 Å². The molecule has 1 aliphatic carbocycles. The predicted octanol–water partition coefficient (Wildman–Crippen LogP) is 6.05. The summed E-state index contributed by atoms with van der Waals surface area (Å²) < 4.78 is 38.8. The Morgan fingerprint density at radius 2 is 1.95 bits per heavy atom. The number of carbonyl (C=O) groups is 1. The number of nitriles is 1. The van der Waals surface area contributed by atoms with E-state index in [0.717, 1.165) is 5.56 Å². The molecule has 5 rings (SSSR count). The molecule has 2 atom stereocenters. The quantitative estimate of drug-likeness (QED) is 0.315. The van der Waals surface area contributed by atoms with Gasteiger partial charge in [0.25, 0.3) is 0 Å². The lowest BCUT2D eigenvalue weighted by atomic mass is 9.98. The van der Waals surface area contributed by atoms with E-state index in [9.17, 15) is 15.2 Å². The van der Waals surface area contributed by atoms with Crippen LogP contribution in [0.4, 0.5) is 4.39 Å². The number of aliphatic hydroxyl groups is 1. The summed E-state index contributed by atoms with van der Waals surface area (Å²) in [6.45, 7) is 3.89. The number of aliphatic carboxylic acids is 1. The van der Waals surface area contributed by atoms with Gasteiger partial charge in [-0.15, -0.1) is 0 Å². The first-order valence-corrected chi connectivity index (χ1v) is 13.1. The number of halogens is 1. The largest absolute Gasteiger partial charge is 0.492 e. The number of fused-ring (bicyclic) bond motifs is 2. The second kappa shape index (κ2) is 11.1. The summed E-state index contributed by atoms with van der Waals surface area (Å²) in [5, 5.41) is 28.5. The zero-order chi connectivity index (χ0) is 28.4. The fourth-order valence-electron chi connectivity index (χ4n) is 5.05. The molecule has 0 saturated carbocycles. The van der Waals surface area contributed by atoms with Crippen molar-refractivity contribution in [2.24, 2.45) is 0 Å². The minimum absolute atomic E-state index is 0.00904. The van der Waals surface area contributed by atoms with Crippen LogP contribution in [0.25, 0.3) is 0 Å². The fourth-order valence-corrected chi connectivity index (χ4v) is 5.05. The number of rotatable bonds is 10. The van der Waals surface area contributed by atoms with Crippen molar-refractivity contribution in [1.29, 1.82) is 5.26 Å². The number of carboxylic acid groups (broad SMARTS) is 1. The Kier molecular flexibility index (Phi) is 7.55. The van der Waals surface area contributed by atoms with Crippen molar-refractivity contribution in [3.63, 3.8) is 0 Å². The third kappa shape index (κ3) is 5.97. The van der Waals surface area contributed by atoms with Gasteiger partial charge in [0.2, 0.25) is 0 Å². The van der Waals surface area contributed by atoms with Gasteiger partial charge in [-0.3, -0.25) is 4.79 Å². The van der Waals surface area contributed by atoms with Gasteiger partial charge in [0.05, 0.1) is 30.8 Å². The summed E-state index contributed by atoms with van der Waals surface area (Å²) in [6, 6.07) is 15.2. The third-order valence-corrected chi connectivity index (χ3v) is 7.08. The van der Waals surface area contributed by atoms with Crippen LogP contribution >= 0.6 is 0 Å². The predicted molar refractivity (Wildman–Crippen MR) is 143 cm³/mol. The molecule has 1 aliphatic heterocycles. The van der Waals surface area contributed by atoms with Crippen LogP contribution in [0.15, 0.2) is 48.5 Å². The molecule has 0 bridgehead atoms. The van der Waals surface area contributed by atoms with Crippen LogP contribution in [-0.4, -0.2) is 35.0 Å². The summed E-state index contributed by atoms with van der Waals surface area (Å²) in [4.78, 5) is 11.1. The molecule has 3 aromatic carbocycles. The minimum Gasteiger partial charge on any atom is -0.492 e. The molecule has 3 aromatic rings. The molecule has 0 unspecified atom stereocenters. The van der Waals surface area contributed by atoms with E-state index < -0.39 is 17.7 Å². The zero-order valence-corrected chi connectivity index (χ0v) is 22.3. The Morgan fingerprint density at radius 3 is 2.70 bits per heavy atom. The lowest BCUT2D eigenvalue weighted by Gasteiger charge is -2.18. The normalized spacial score (nSPS) is 17.4. The molecule has 8 nitrogen and oxygen atoms in total. The van der Waals surface area contributed by atoms with Crippen molar-refractivity contribution < 1.29 is 38.3 Å². The summed E-state index contributed by atoms with van der Waals surface area (Å²) in [5.41, 5.74) is 1.41. The molecular weight excluding hydrogens is 517 g/mol. The van der Waals surface area contributed by atoms with Crippen molar-refractivity contribution in [1.82, 2.24) is 0 Å². The summed E-state index contributed by atoms with van der Waals surface area (Å²) >= 11 is 0. The monoisotopic (exact) mass is 547 g/mol. The standard InChI is InChI=1S/C31H30FNO7/c1-31(2,36)11-12-37-27-14-20(4-3-18(27)16-33)39-25-10-8-24(32)30-23(25)7-9-26(30)40-21-5-6-22-19(13-29(34)35)17-38-28(22)15-21/h3-6,8,10,14-15,19,26,36H,7,9,11-13,17H2,1-2H3,(H,34,35)/t19-,26-/m1/s1. The van der Waals surface area contributed by atoms with Crippen LogP contribution in [0.3, 0.4) is 0 Å². The van der Waals surface area contributed by atoms with E-state index in [4.69, 9.17) is 24.1 Å². The van der Waals surface area contributed by atoms with E-state index in [1.54, 1.807) is 50.2 Å². The molecule has 2 aliphatic rings. The van der Waals surface area contributed by atoms with E-state index in [0.29, 0.717) is 71.3 Å². The molecule has 0 amide bonds. The van der Waals surface area contributed by atoms with Gasteiger partial charge in [-0.05, 0) is 57.0 Å². The average molecular weight is 548 g/mol. The second-order valence-electron chi connectivity index (χ2n) is 10.7. The number of carboxylic acids is 1. The molecule has 9 heteroatoms. The Hall–Kier alpha value is -4.29. The maximum absolute atomic E-state index is 15.1. The first-order chi connectivity index (χ1) is 19.1. The highest BCUT2D eigenvalue weighted by molar-refractivity contribution is 5.69. The van der Waals surface area contributed by atoms with Crippen molar-refractivity contribution in [2.75, 3.05) is 13.2 Å². The van der Waals surface area contributed by atoms with Gasteiger partial charge in [-0.2, -0.15) is 5.26 Å².